The fourth-order valence-corrected chi connectivity index (χ4v) is 3.19. The number of carbonyl (C=O) groups is 1. The predicted molar refractivity (Wildman–Crippen MR) is 88.2 cm³/mol. The van der Waals surface area contributed by atoms with Gasteiger partial charge in [-0.05, 0) is 45.6 Å². The summed E-state index contributed by atoms with van der Waals surface area (Å²) in [6, 6.07) is 7.29. The number of carbonyl (C=O) groups excluding carboxylic acids is 1. The van der Waals surface area contributed by atoms with E-state index in [0.29, 0.717) is 17.8 Å². The molecule has 0 saturated carbocycles. The first-order chi connectivity index (χ1) is 9.49. The highest BCUT2D eigenvalue weighted by atomic mass is 79.9. The lowest BCUT2D eigenvalue weighted by atomic mass is 10.1. The molecule has 6 heteroatoms. The molecule has 106 valence electrons. The van der Waals surface area contributed by atoms with Crippen molar-refractivity contribution in [1.82, 2.24) is 4.90 Å². The Morgan fingerprint density at radius 1 is 1.40 bits per heavy atom. The zero-order chi connectivity index (χ0) is 14.7. The molecule has 1 aromatic heterocycles. The minimum absolute atomic E-state index is 0.0438. The van der Waals surface area contributed by atoms with Crippen LogP contribution in [0.5, 0.6) is 0 Å². The highest BCUT2D eigenvalue weighted by molar-refractivity contribution is 9.10. The predicted octanol–water partition coefficient (Wildman–Crippen LogP) is 3.41. The number of nitrogens with two attached hydrogens (primary N) is 1. The van der Waals surface area contributed by atoms with Crippen LogP contribution in [-0.4, -0.2) is 24.9 Å². The van der Waals surface area contributed by atoms with Crippen LogP contribution in [0.3, 0.4) is 0 Å². The van der Waals surface area contributed by atoms with Gasteiger partial charge in [-0.15, -0.1) is 11.3 Å². The Kier molecular flexibility index (Phi) is 4.67. The molecular formula is C14H16BrN3OS. The Morgan fingerprint density at radius 3 is 2.75 bits per heavy atom. The number of thiophene rings is 1. The molecule has 1 heterocycles. The minimum Gasteiger partial charge on any atom is -0.399 e. The number of amides is 1. The Labute approximate surface area is 130 Å². The zero-order valence-electron chi connectivity index (χ0n) is 11.3. The van der Waals surface area contributed by atoms with Crippen LogP contribution >= 0.6 is 27.3 Å². The van der Waals surface area contributed by atoms with E-state index in [1.807, 2.05) is 11.4 Å². The van der Waals surface area contributed by atoms with Crippen molar-refractivity contribution in [3.8, 4) is 0 Å². The summed E-state index contributed by atoms with van der Waals surface area (Å²) >= 11 is 5.15. The molecule has 2 aromatic rings. The molecule has 0 aliphatic carbocycles. The van der Waals surface area contributed by atoms with E-state index in [1.165, 1.54) is 4.88 Å². The van der Waals surface area contributed by atoms with E-state index in [-0.39, 0.29) is 5.91 Å². The van der Waals surface area contributed by atoms with Gasteiger partial charge in [-0.1, -0.05) is 0 Å². The zero-order valence-corrected chi connectivity index (χ0v) is 13.7. The van der Waals surface area contributed by atoms with Crippen molar-refractivity contribution < 1.29 is 4.79 Å². The van der Waals surface area contributed by atoms with Crippen molar-refractivity contribution >= 4 is 44.5 Å². The van der Waals surface area contributed by atoms with Crippen molar-refractivity contribution in [2.75, 3.05) is 25.1 Å². The second kappa shape index (κ2) is 6.28. The van der Waals surface area contributed by atoms with Gasteiger partial charge in [0, 0.05) is 34.8 Å². The number of anilines is 2. The summed E-state index contributed by atoms with van der Waals surface area (Å²) in [6.07, 6.45) is 0. The van der Waals surface area contributed by atoms with Crippen molar-refractivity contribution in [3.63, 3.8) is 0 Å². The maximum absolute atomic E-state index is 12.1. The minimum atomic E-state index is -0.0438. The smallest absolute Gasteiger partial charge is 0.255 e. The van der Waals surface area contributed by atoms with Crippen LogP contribution in [0.25, 0.3) is 0 Å². The number of nitrogens with zero attached hydrogens (tertiary/aromatic N) is 1. The molecule has 0 fully saturated rings. The molecule has 4 nitrogen and oxygen atoms in total. The lowest BCUT2D eigenvalue weighted by Crippen LogP contribution is -2.23. The van der Waals surface area contributed by atoms with E-state index in [4.69, 9.17) is 5.73 Å². The molecule has 0 radical (unpaired) electrons. The molecule has 0 atom stereocenters. The Bertz CT molecular complexity index is 625. The molecule has 3 N–H and O–H groups in total. The van der Waals surface area contributed by atoms with Crippen molar-refractivity contribution in [2.24, 2.45) is 0 Å². The number of hydrogen-bond donors (Lipinski definition) is 2. The average molecular weight is 354 g/mol. The highest BCUT2D eigenvalue weighted by Gasteiger charge is 2.14. The van der Waals surface area contributed by atoms with Crippen LogP contribution in [-0.2, 0) is 6.54 Å². The van der Waals surface area contributed by atoms with E-state index >= 15 is 0 Å². The number of halogens is 1. The molecule has 0 spiro atoms. The molecule has 0 saturated heterocycles. The number of nitrogens with one attached hydrogen (secondary N) is 1. The first-order valence-electron chi connectivity index (χ1n) is 6.06. The molecule has 0 bridgehead atoms. The number of rotatable bonds is 4. The Balaban J connectivity index is 2.24. The molecule has 20 heavy (non-hydrogen) atoms. The molecule has 0 aliphatic rings. The second-order valence-electron chi connectivity index (χ2n) is 4.55. The third-order valence-corrected chi connectivity index (χ3v) is 4.74. The standard InChI is InChI=1S/C14H16BrN3OS/c1-18(2)14(19)10-4-3-9(16)7-12(10)17-8-13-11(15)5-6-20-13/h3-7,17H,8,16H2,1-2H3. The summed E-state index contributed by atoms with van der Waals surface area (Å²) in [6.45, 7) is 0.648. The van der Waals surface area contributed by atoms with Crippen molar-refractivity contribution in [2.45, 2.75) is 6.54 Å². The van der Waals surface area contributed by atoms with Crippen LogP contribution in [0.1, 0.15) is 15.2 Å². The Morgan fingerprint density at radius 2 is 2.15 bits per heavy atom. The normalized spacial score (nSPS) is 10.3. The van der Waals surface area contributed by atoms with Crippen LogP contribution in [0.2, 0.25) is 0 Å². The maximum atomic E-state index is 12.1. The first kappa shape index (κ1) is 14.9. The fraction of sp³-hybridized carbons (Fsp3) is 0.214. The summed E-state index contributed by atoms with van der Waals surface area (Å²) in [5, 5.41) is 5.31. The van der Waals surface area contributed by atoms with E-state index in [0.717, 1.165) is 10.2 Å². The quantitative estimate of drug-likeness (QED) is 0.828. The van der Waals surface area contributed by atoms with Gasteiger partial charge >= 0.3 is 0 Å². The van der Waals surface area contributed by atoms with Crippen molar-refractivity contribution in [1.29, 1.82) is 0 Å². The van der Waals surface area contributed by atoms with E-state index in [9.17, 15) is 4.79 Å². The third-order valence-electron chi connectivity index (χ3n) is 2.81. The lowest BCUT2D eigenvalue weighted by molar-refractivity contribution is 0.0828. The van der Waals surface area contributed by atoms with Crippen molar-refractivity contribution in [3.05, 3.63) is 44.6 Å². The van der Waals surface area contributed by atoms with Crippen LogP contribution in [0, 0.1) is 0 Å². The van der Waals surface area contributed by atoms with Gasteiger partial charge in [0.15, 0.2) is 0 Å². The van der Waals surface area contributed by atoms with Crippen LogP contribution in [0.4, 0.5) is 11.4 Å². The molecule has 1 amide bonds. The topological polar surface area (TPSA) is 58.4 Å². The third kappa shape index (κ3) is 3.32. The SMILES string of the molecule is CN(C)C(=O)c1ccc(N)cc1NCc1sccc1Br. The molecule has 0 unspecified atom stereocenters. The summed E-state index contributed by atoms with van der Waals surface area (Å²) in [7, 11) is 3.47. The maximum Gasteiger partial charge on any atom is 0.255 e. The van der Waals surface area contributed by atoms with Gasteiger partial charge in [-0.2, -0.15) is 0 Å². The highest BCUT2D eigenvalue weighted by Crippen LogP contribution is 2.26. The van der Waals surface area contributed by atoms with Gasteiger partial charge in [0.05, 0.1) is 12.1 Å². The lowest BCUT2D eigenvalue weighted by Gasteiger charge is -2.16. The number of nitrogen functional groups attached to an aromatic ring is 1. The van der Waals surface area contributed by atoms with Gasteiger partial charge in [0.25, 0.3) is 5.91 Å². The van der Waals surface area contributed by atoms with E-state index < -0.39 is 0 Å². The first-order valence-corrected chi connectivity index (χ1v) is 7.73. The summed E-state index contributed by atoms with van der Waals surface area (Å²) < 4.78 is 1.07. The van der Waals surface area contributed by atoms with Gasteiger partial charge in [-0.25, -0.2) is 0 Å². The number of hydrogen-bond acceptors (Lipinski definition) is 4. The van der Waals surface area contributed by atoms with Crippen LogP contribution < -0.4 is 11.1 Å². The van der Waals surface area contributed by atoms with Crippen LogP contribution in [0.15, 0.2) is 34.1 Å². The van der Waals surface area contributed by atoms with Gasteiger partial charge in [-0.3, -0.25) is 4.79 Å². The summed E-state index contributed by atoms with van der Waals surface area (Å²) in [5.74, 6) is -0.0438. The van der Waals surface area contributed by atoms with Gasteiger partial charge < -0.3 is 16.0 Å². The fourth-order valence-electron chi connectivity index (χ4n) is 1.76. The van der Waals surface area contributed by atoms with Gasteiger partial charge in [0.2, 0.25) is 0 Å². The monoisotopic (exact) mass is 353 g/mol. The van der Waals surface area contributed by atoms with E-state index in [2.05, 4.69) is 21.2 Å². The van der Waals surface area contributed by atoms with E-state index in [1.54, 1.807) is 48.5 Å². The Hall–Kier alpha value is -1.53. The second-order valence-corrected chi connectivity index (χ2v) is 6.40. The largest absolute Gasteiger partial charge is 0.399 e. The molecule has 0 aliphatic heterocycles. The molecular weight excluding hydrogens is 338 g/mol. The molecule has 1 aromatic carbocycles. The average Bonchev–Trinajstić information content (AvgIpc) is 2.81. The van der Waals surface area contributed by atoms with Gasteiger partial charge in [0.1, 0.15) is 0 Å². The summed E-state index contributed by atoms with van der Waals surface area (Å²) in [5.41, 5.74) is 7.82. The summed E-state index contributed by atoms with van der Waals surface area (Å²) in [4.78, 5) is 14.9. The number of benzene rings is 1. The molecule has 2 rings (SSSR count).